The number of fused-ring (bicyclic) bond motifs is 1. The maximum Gasteiger partial charge on any atom is 0.153 e. The fourth-order valence-corrected chi connectivity index (χ4v) is 4.16. The molecule has 1 aromatic carbocycles. The maximum atomic E-state index is 11.1. The van der Waals surface area contributed by atoms with Crippen molar-refractivity contribution in [3.63, 3.8) is 0 Å². The van der Waals surface area contributed by atoms with Gasteiger partial charge in [0, 0.05) is 48.5 Å². The van der Waals surface area contributed by atoms with E-state index in [-0.39, 0.29) is 0 Å². The van der Waals surface area contributed by atoms with Crippen LogP contribution in [0.2, 0.25) is 0 Å². The van der Waals surface area contributed by atoms with Crippen molar-refractivity contribution in [3.8, 4) is 16.9 Å². The first-order chi connectivity index (χ1) is 14.4. The topological polar surface area (TPSA) is 72.0 Å². The van der Waals surface area contributed by atoms with Crippen molar-refractivity contribution in [1.82, 2.24) is 24.1 Å². The zero-order valence-corrected chi connectivity index (χ0v) is 17.5. The van der Waals surface area contributed by atoms with Crippen LogP contribution >= 0.6 is 0 Å². The molecule has 152 valence electrons. The highest BCUT2D eigenvalue weighted by Gasteiger charge is 2.45. The lowest BCUT2D eigenvalue weighted by Gasteiger charge is -2.28. The number of anilines is 2. The number of nitrogens with zero attached hydrogens (tertiary/aromatic N) is 6. The number of aromatic nitrogens is 5. The Hall–Kier alpha value is -3.45. The molecule has 0 spiro atoms. The molecule has 0 saturated heterocycles. The Morgan fingerprint density at radius 2 is 1.87 bits per heavy atom. The predicted octanol–water partition coefficient (Wildman–Crippen LogP) is 3.72. The van der Waals surface area contributed by atoms with E-state index >= 15 is 0 Å². The molecule has 1 atom stereocenters. The number of aliphatic hydroxyl groups excluding tert-OH is 1. The number of aryl methyl sites for hydroxylation is 2. The van der Waals surface area contributed by atoms with E-state index in [0.29, 0.717) is 0 Å². The zero-order chi connectivity index (χ0) is 21.0. The lowest BCUT2D eigenvalue weighted by atomic mass is 9.85. The van der Waals surface area contributed by atoms with Crippen LogP contribution in [0.1, 0.15) is 25.0 Å². The fraction of sp³-hybridized carbons (Fsp3) is 0.261. The second-order valence-corrected chi connectivity index (χ2v) is 8.42. The lowest BCUT2D eigenvalue weighted by molar-refractivity contribution is 0.118. The molecule has 1 unspecified atom stereocenters. The van der Waals surface area contributed by atoms with Gasteiger partial charge in [-0.15, -0.1) is 0 Å². The molecule has 7 heteroatoms. The second-order valence-electron chi connectivity index (χ2n) is 8.42. The summed E-state index contributed by atoms with van der Waals surface area (Å²) in [6.45, 7) is 6.14. The minimum atomic E-state index is -0.699. The van der Waals surface area contributed by atoms with E-state index in [9.17, 15) is 5.11 Å². The molecule has 30 heavy (non-hydrogen) atoms. The molecule has 4 heterocycles. The Morgan fingerprint density at radius 1 is 1.03 bits per heavy atom. The number of pyridine rings is 1. The quantitative estimate of drug-likeness (QED) is 0.567. The molecule has 0 radical (unpaired) electrons. The summed E-state index contributed by atoms with van der Waals surface area (Å²) in [6.07, 6.45) is 10.4. The number of hydrogen-bond acceptors (Lipinski definition) is 5. The van der Waals surface area contributed by atoms with Crippen LogP contribution in [-0.4, -0.2) is 35.4 Å². The van der Waals surface area contributed by atoms with Gasteiger partial charge >= 0.3 is 0 Å². The molecule has 0 fully saturated rings. The van der Waals surface area contributed by atoms with Crippen LogP contribution < -0.4 is 4.90 Å². The predicted molar refractivity (Wildman–Crippen MR) is 116 cm³/mol. The molecule has 0 amide bonds. The molecule has 3 aromatic heterocycles. The molecule has 0 aliphatic carbocycles. The highest BCUT2D eigenvalue weighted by atomic mass is 16.3. The molecule has 0 bridgehead atoms. The average molecular weight is 400 g/mol. The van der Waals surface area contributed by atoms with E-state index < -0.39 is 11.6 Å². The molecule has 5 rings (SSSR count). The fourth-order valence-electron chi connectivity index (χ4n) is 4.16. The zero-order valence-electron chi connectivity index (χ0n) is 17.5. The van der Waals surface area contributed by atoms with Gasteiger partial charge in [0.1, 0.15) is 6.23 Å². The number of imidazole rings is 2. The maximum absolute atomic E-state index is 11.1. The molecule has 1 N–H and O–H groups in total. The van der Waals surface area contributed by atoms with Crippen molar-refractivity contribution in [2.45, 2.75) is 32.4 Å². The van der Waals surface area contributed by atoms with Crippen LogP contribution in [0.5, 0.6) is 0 Å². The van der Waals surface area contributed by atoms with Crippen LogP contribution in [0.15, 0.2) is 61.7 Å². The molecular weight excluding hydrogens is 376 g/mol. The SMILES string of the molecule is Cc1cnccc1-n1cnc(-c2ccc3c(c2)N(c2cn(C)cn2)C(O)C3(C)C)c1. The number of rotatable bonds is 3. The summed E-state index contributed by atoms with van der Waals surface area (Å²) in [5.74, 6) is 0.729. The van der Waals surface area contributed by atoms with Crippen molar-refractivity contribution >= 4 is 11.5 Å². The Bertz CT molecular complexity index is 1240. The highest BCUT2D eigenvalue weighted by Crippen LogP contribution is 2.48. The third-order valence-corrected chi connectivity index (χ3v) is 5.93. The van der Waals surface area contributed by atoms with E-state index in [1.807, 2.05) is 59.0 Å². The third-order valence-electron chi connectivity index (χ3n) is 5.93. The summed E-state index contributed by atoms with van der Waals surface area (Å²) in [5.41, 5.74) is 5.63. The average Bonchev–Trinajstić information content (AvgIpc) is 3.41. The number of hydrogen-bond donors (Lipinski definition) is 1. The van der Waals surface area contributed by atoms with Crippen LogP contribution in [0, 0.1) is 6.92 Å². The first kappa shape index (κ1) is 18.6. The summed E-state index contributed by atoms with van der Waals surface area (Å²) in [5, 5.41) is 11.1. The first-order valence-electron chi connectivity index (χ1n) is 9.91. The van der Waals surface area contributed by atoms with Crippen molar-refractivity contribution in [3.05, 3.63) is 72.8 Å². The lowest BCUT2D eigenvalue weighted by Crippen LogP contribution is -2.38. The number of benzene rings is 1. The van der Waals surface area contributed by atoms with Crippen LogP contribution in [0.25, 0.3) is 16.9 Å². The summed E-state index contributed by atoms with van der Waals surface area (Å²) in [7, 11) is 1.93. The molecule has 1 aliphatic rings. The van der Waals surface area contributed by atoms with Gasteiger partial charge in [-0.05, 0) is 30.2 Å². The van der Waals surface area contributed by atoms with Crippen molar-refractivity contribution in [2.24, 2.45) is 7.05 Å². The van der Waals surface area contributed by atoms with Gasteiger partial charge in [-0.1, -0.05) is 26.0 Å². The summed E-state index contributed by atoms with van der Waals surface area (Å²) in [4.78, 5) is 15.2. The normalized spacial score (nSPS) is 17.4. The Labute approximate surface area is 175 Å². The minimum absolute atomic E-state index is 0.418. The molecule has 4 aromatic rings. The largest absolute Gasteiger partial charge is 0.372 e. The second kappa shape index (κ2) is 6.53. The summed E-state index contributed by atoms with van der Waals surface area (Å²) >= 11 is 0. The van der Waals surface area contributed by atoms with Gasteiger partial charge < -0.3 is 14.2 Å². The number of aliphatic hydroxyl groups is 1. The van der Waals surface area contributed by atoms with Gasteiger partial charge in [0.05, 0.1) is 24.0 Å². The van der Waals surface area contributed by atoms with Crippen molar-refractivity contribution < 1.29 is 5.11 Å². The van der Waals surface area contributed by atoms with Crippen LogP contribution in [0.4, 0.5) is 11.5 Å². The molecule has 7 nitrogen and oxygen atoms in total. The Kier molecular flexibility index (Phi) is 4.04. The van der Waals surface area contributed by atoms with Crippen molar-refractivity contribution in [2.75, 3.05) is 4.90 Å². The van der Waals surface area contributed by atoms with E-state index in [0.717, 1.165) is 39.6 Å². The van der Waals surface area contributed by atoms with Crippen LogP contribution in [0.3, 0.4) is 0 Å². The monoisotopic (exact) mass is 400 g/mol. The minimum Gasteiger partial charge on any atom is -0.372 e. The third kappa shape index (κ3) is 2.74. The van der Waals surface area contributed by atoms with Gasteiger partial charge in [0.25, 0.3) is 0 Å². The Balaban J connectivity index is 1.59. The van der Waals surface area contributed by atoms with Gasteiger partial charge in [-0.2, -0.15) is 0 Å². The smallest absolute Gasteiger partial charge is 0.153 e. The van der Waals surface area contributed by atoms with Gasteiger partial charge in [-0.25, -0.2) is 9.97 Å². The van der Waals surface area contributed by atoms with E-state index in [2.05, 4.69) is 47.0 Å². The van der Waals surface area contributed by atoms with Gasteiger partial charge in [0.2, 0.25) is 0 Å². The van der Waals surface area contributed by atoms with Gasteiger partial charge in [0.15, 0.2) is 5.82 Å². The standard InChI is InChI=1S/C23H24N6O/c1-15-10-24-8-7-19(15)28-11-18(25-14-28)16-5-6-17-20(9-16)29(22(30)23(17,2)3)21-12-27(4)13-26-21/h5-14,22,30H,1-4H3. The molecule has 0 saturated carbocycles. The van der Waals surface area contributed by atoms with E-state index in [1.54, 1.807) is 12.5 Å². The Morgan fingerprint density at radius 3 is 2.60 bits per heavy atom. The van der Waals surface area contributed by atoms with Crippen molar-refractivity contribution in [1.29, 1.82) is 0 Å². The summed E-state index contributed by atoms with van der Waals surface area (Å²) in [6, 6.07) is 8.23. The molecular formula is C23H24N6O. The van der Waals surface area contributed by atoms with Crippen LogP contribution in [-0.2, 0) is 12.5 Å². The van der Waals surface area contributed by atoms with E-state index in [1.165, 1.54) is 0 Å². The summed E-state index contributed by atoms with van der Waals surface area (Å²) < 4.78 is 3.89. The van der Waals surface area contributed by atoms with E-state index in [4.69, 9.17) is 0 Å². The first-order valence-corrected chi connectivity index (χ1v) is 9.91. The highest BCUT2D eigenvalue weighted by molar-refractivity contribution is 5.77. The molecule has 1 aliphatic heterocycles. The van der Waals surface area contributed by atoms with Gasteiger partial charge in [-0.3, -0.25) is 9.88 Å².